The Morgan fingerprint density at radius 3 is 2.61 bits per heavy atom. The van der Waals surface area contributed by atoms with Gasteiger partial charge >= 0.3 is 5.97 Å². The maximum absolute atomic E-state index is 11.9. The lowest BCUT2D eigenvalue weighted by Gasteiger charge is -2.14. The third kappa shape index (κ3) is 3.50. The van der Waals surface area contributed by atoms with E-state index in [1.807, 2.05) is 0 Å². The van der Waals surface area contributed by atoms with Crippen LogP contribution in [-0.4, -0.2) is 46.5 Å². The molecule has 1 aromatic rings. The van der Waals surface area contributed by atoms with E-state index in [4.69, 9.17) is 14.6 Å². The number of carboxylic acid groups (broad SMARTS) is 1. The molecule has 0 aliphatic carbocycles. The molecule has 0 radical (unpaired) electrons. The van der Waals surface area contributed by atoms with Crippen LogP contribution < -0.4 is 4.72 Å². The van der Waals surface area contributed by atoms with Crippen LogP contribution in [0.1, 0.15) is 9.67 Å². The quantitative estimate of drug-likeness (QED) is 0.703. The third-order valence-corrected chi connectivity index (χ3v) is 4.58. The zero-order chi connectivity index (χ0) is 13.8. The van der Waals surface area contributed by atoms with Gasteiger partial charge in [-0.15, -0.1) is 11.3 Å². The van der Waals surface area contributed by atoms with Crippen LogP contribution in [0.4, 0.5) is 0 Å². The van der Waals surface area contributed by atoms with Crippen LogP contribution in [0.15, 0.2) is 16.3 Å². The normalized spacial score (nSPS) is 11.9. The molecule has 2 N–H and O–H groups in total. The maximum Gasteiger partial charge on any atom is 0.347 e. The second-order valence-electron chi connectivity index (χ2n) is 3.17. The summed E-state index contributed by atoms with van der Waals surface area (Å²) in [5.41, 5.74) is 0. The molecule has 1 heterocycles. The number of carbonyl (C=O) groups is 1. The molecule has 1 rings (SSSR count). The number of aromatic carboxylic acids is 1. The lowest BCUT2D eigenvalue weighted by molar-refractivity contribution is -0.0960. The predicted molar refractivity (Wildman–Crippen MR) is 64.3 cm³/mol. The number of nitrogens with one attached hydrogen (secondary N) is 1. The lowest BCUT2D eigenvalue weighted by Crippen LogP contribution is -2.34. The van der Waals surface area contributed by atoms with Crippen molar-refractivity contribution in [2.45, 2.75) is 11.2 Å². The van der Waals surface area contributed by atoms with Crippen LogP contribution in [-0.2, 0) is 19.5 Å². The molecule has 0 aromatic carbocycles. The summed E-state index contributed by atoms with van der Waals surface area (Å²) in [6.07, 6.45) is -0.730. The van der Waals surface area contributed by atoms with Crippen molar-refractivity contribution >= 4 is 27.3 Å². The Hall–Kier alpha value is -1.00. The van der Waals surface area contributed by atoms with Crippen LogP contribution in [0.25, 0.3) is 0 Å². The Balaban J connectivity index is 2.87. The van der Waals surface area contributed by atoms with E-state index in [1.54, 1.807) is 0 Å². The highest BCUT2D eigenvalue weighted by atomic mass is 32.2. The number of hydrogen-bond acceptors (Lipinski definition) is 6. The molecule has 18 heavy (non-hydrogen) atoms. The molecule has 0 saturated heterocycles. The molecule has 0 unspecified atom stereocenters. The fourth-order valence-corrected chi connectivity index (χ4v) is 3.46. The molecule has 0 saturated carbocycles. The highest BCUT2D eigenvalue weighted by Crippen LogP contribution is 2.21. The van der Waals surface area contributed by atoms with Gasteiger partial charge < -0.3 is 14.6 Å². The van der Waals surface area contributed by atoms with Gasteiger partial charge in [-0.1, -0.05) is 0 Å². The van der Waals surface area contributed by atoms with Crippen molar-refractivity contribution in [1.29, 1.82) is 0 Å². The van der Waals surface area contributed by atoms with E-state index in [0.717, 1.165) is 11.3 Å². The van der Waals surface area contributed by atoms with Crippen LogP contribution >= 0.6 is 11.3 Å². The maximum atomic E-state index is 11.9. The number of sulfonamides is 1. The average Bonchev–Trinajstić information content (AvgIpc) is 2.80. The van der Waals surface area contributed by atoms with Crippen molar-refractivity contribution in [2.24, 2.45) is 0 Å². The summed E-state index contributed by atoms with van der Waals surface area (Å²) < 4.78 is 35.6. The number of carboxylic acids is 1. The van der Waals surface area contributed by atoms with Crippen LogP contribution in [0, 0.1) is 0 Å². The molecular weight excluding hydrogens is 282 g/mol. The van der Waals surface area contributed by atoms with E-state index in [2.05, 4.69) is 4.72 Å². The number of ether oxygens (including phenoxy) is 2. The number of hydrogen-bond donors (Lipinski definition) is 2. The summed E-state index contributed by atoms with van der Waals surface area (Å²) >= 11 is 0.849. The van der Waals surface area contributed by atoms with Crippen LogP contribution in [0.5, 0.6) is 0 Å². The smallest absolute Gasteiger partial charge is 0.347 e. The Morgan fingerprint density at radius 2 is 2.11 bits per heavy atom. The summed E-state index contributed by atoms with van der Waals surface area (Å²) in [5, 5.41) is 10.3. The summed E-state index contributed by atoms with van der Waals surface area (Å²) in [6.45, 7) is -0.107. The van der Waals surface area contributed by atoms with Crippen molar-refractivity contribution in [2.75, 3.05) is 20.8 Å². The van der Waals surface area contributed by atoms with Gasteiger partial charge in [0.25, 0.3) is 0 Å². The topological polar surface area (TPSA) is 102 Å². The Morgan fingerprint density at radius 1 is 1.50 bits per heavy atom. The number of rotatable bonds is 7. The van der Waals surface area contributed by atoms with Gasteiger partial charge in [0.05, 0.1) is 6.54 Å². The molecule has 0 amide bonds. The molecule has 0 fully saturated rings. The summed E-state index contributed by atoms with van der Waals surface area (Å²) in [4.78, 5) is 10.4. The van der Waals surface area contributed by atoms with Crippen LogP contribution in [0.2, 0.25) is 0 Å². The fourth-order valence-electron chi connectivity index (χ4n) is 1.18. The van der Waals surface area contributed by atoms with Gasteiger partial charge in [0.1, 0.15) is 9.77 Å². The van der Waals surface area contributed by atoms with Crippen LogP contribution in [0.3, 0.4) is 0 Å². The Labute approximate surface area is 108 Å². The van der Waals surface area contributed by atoms with Crippen molar-refractivity contribution in [3.63, 3.8) is 0 Å². The molecule has 0 spiro atoms. The van der Waals surface area contributed by atoms with Crippen molar-refractivity contribution in [3.8, 4) is 0 Å². The first-order valence-electron chi connectivity index (χ1n) is 4.78. The predicted octanol–water partition coefficient (Wildman–Crippen LogP) is 0.343. The molecule has 0 atom stereocenters. The first-order valence-corrected chi connectivity index (χ1v) is 7.14. The minimum absolute atomic E-state index is 0.107. The van der Waals surface area contributed by atoms with E-state index in [0.29, 0.717) is 0 Å². The van der Waals surface area contributed by atoms with E-state index < -0.39 is 22.3 Å². The van der Waals surface area contributed by atoms with E-state index in [9.17, 15) is 13.2 Å². The molecule has 102 valence electrons. The summed E-state index contributed by atoms with van der Waals surface area (Å²) in [5.74, 6) is -1.28. The SMILES string of the molecule is COC(CNS(=O)(=O)c1ccsc1C(=O)O)OC. The third-order valence-electron chi connectivity index (χ3n) is 2.08. The minimum atomic E-state index is -3.89. The molecule has 0 aliphatic rings. The summed E-state index contributed by atoms with van der Waals surface area (Å²) in [6, 6.07) is 1.24. The second-order valence-corrected chi connectivity index (χ2v) is 5.82. The lowest BCUT2D eigenvalue weighted by atomic mass is 10.5. The number of methoxy groups -OCH3 is 2. The van der Waals surface area contributed by atoms with Gasteiger partial charge in [-0.2, -0.15) is 0 Å². The summed E-state index contributed by atoms with van der Waals surface area (Å²) in [7, 11) is -1.15. The molecule has 0 bridgehead atoms. The van der Waals surface area contributed by atoms with Crippen molar-refractivity contribution in [3.05, 3.63) is 16.3 Å². The zero-order valence-electron chi connectivity index (χ0n) is 9.74. The van der Waals surface area contributed by atoms with Gasteiger partial charge in [-0.3, -0.25) is 0 Å². The standard InChI is InChI=1S/C9H13NO6S2/c1-15-7(16-2)5-10-18(13,14)6-3-4-17-8(6)9(11)12/h3-4,7,10H,5H2,1-2H3,(H,11,12). The van der Waals surface area contributed by atoms with E-state index in [1.165, 1.54) is 25.7 Å². The van der Waals surface area contributed by atoms with Gasteiger partial charge in [-0.05, 0) is 11.4 Å². The molecule has 0 aliphatic heterocycles. The van der Waals surface area contributed by atoms with E-state index in [-0.39, 0.29) is 16.3 Å². The first-order chi connectivity index (χ1) is 8.42. The Bertz CT molecular complexity index is 505. The highest BCUT2D eigenvalue weighted by Gasteiger charge is 2.24. The molecular formula is C9H13NO6S2. The Kier molecular flexibility index (Phi) is 5.23. The molecule has 7 nitrogen and oxygen atoms in total. The fraction of sp³-hybridized carbons (Fsp3) is 0.444. The van der Waals surface area contributed by atoms with Crippen molar-refractivity contribution in [1.82, 2.24) is 4.72 Å². The van der Waals surface area contributed by atoms with E-state index >= 15 is 0 Å². The second kappa shape index (κ2) is 6.25. The first kappa shape index (κ1) is 15.1. The largest absolute Gasteiger partial charge is 0.477 e. The minimum Gasteiger partial charge on any atom is -0.477 e. The zero-order valence-corrected chi connectivity index (χ0v) is 11.4. The number of thiophene rings is 1. The average molecular weight is 295 g/mol. The highest BCUT2D eigenvalue weighted by molar-refractivity contribution is 7.89. The molecule has 9 heteroatoms. The monoisotopic (exact) mass is 295 g/mol. The van der Waals surface area contributed by atoms with Gasteiger partial charge in [0, 0.05) is 14.2 Å². The van der Waals surface area contributed by atoms with Crippen molar-refractivity contribution < 1.29 is 27.8 Å². The van der Waals surface area contributed by atoms with Gasteiger partial charge in [0.15, 0.2) is 6.29 Å². The van der Waals surface area contributed by atoms with Gasteiger partial charge in [0.2, 0.25) is 10.0 Å². The van der Waals surface area contributed by atoms with Gasteiger partial charge in [-0.25, -0.2) is 17.9 Å². The molecule has 1 aromatic heterocycles.